The highest BCUT2D eigenvalue weighted by Crippen LogP contribution is 2.13. The van der Waals surface area contributed by atoms with Gasteiger partial charge in [0.1, 0.15) is 0 Å². The first-order valence-electron chi connectivity index (χ1n) is 5.97. The molecule has 2 rings (SSSR count). The van der Waals surface area contributed by atoms with Crippen molar-refractivity contribution in [2.24, 2.45) is 0 Å². The first-order valence-corrected chi connectivity index (χ1v) is 6.91. The summed E-state index contributed by atoms with van der Waals surface area (Å²) in [6.07, 6.45) is 0.851. The van der Waals surface area contributed by atoms with Crippen LogP contribution in [0.3, 0.4) is 0 Å². The van der Waals surface area contributed by atoms with Crippen LogP contribution in [0.15, 0.2) is 15.3 Å². The summed E-state index contributed by atoms with van der Waals surface area (Å²) < 4.78 is 5.50. The predicted octanol–water partition coefficient (Wildman–Crippen LogP) is 1.85. The van der Waals surface area contributed by atoms with Crippen LogP contribution < -0.4 is 10.6 Å². The molecule has 1 atom stereocenters. The van der Waals surface area contributed by atoms with Crippen LogP contribution in [0, 0.1) is 0 Å². The predicted molar refractivity (Wildman–Crippen MR) is 70.7 cm³/mol. The molecule has 0 aliphatic carbocycles. The molecule has 1 unspecified atom stereocenters. The highest BCUT2D eigenvalue weighted by Gasteiger charge is 2.12. The van der Waals surface area contributed by atoms with Crippen molar-refractivity contribution in [3.05, 3.63) is 22.5 Å². The van der Waals surface area contributed by atoms with Crippen molar-refractivity contribution >= 4 is 17.4 Å². The fourth-order valence-electron chi connectivity index (χ4n) is 1.53. The molecule has 0 bridgehead atoms. The smallest absolute Gasteiger partial charge is 0.315 e. The van der Waals surface area contributed by atoms with Crippen LogP contribution in [-0.2, 0) is 6.42 Å². The van der Waals surface area contributed by atoms with Gasteiger partial charge in [0.05, 0.1) is 17.2 Å². The molecule has 98 valence electrons. The van der Waals surface area contributed by atoms with Gasteiger partial charge in [-0.25, -0.2) is 4.98 Å². The van der Waals surface area contributed by atoms with Crippen molar-refractivity contribution in [3.8, 4) is 0 Å². The van der Waals surface area contributed by atoms with E-state index in [0.717, 1.165) is 25.2 Å². The molecule has 0 aliphatic rings. The van der Waals surface area contributed by atoms with Gasteiger partial charge in [-0.05, 0) is 13.5 Å². The van der Waals surface area contributed by atoms with Gasteiger partial charge in [0.2, 0.25) is 5.89 Å². The summed E-state index contributed by atoms with van der Waals surface area (Å²) in [5.74, 6) is 0.605. The number of hydrogen-bond donors (Lipinski definition) is 2. The van der Waals surface area contributed by atoms with Crippen molar-refractivity contribution in [1.29, 1.82) is 0 Å². The van der Waals surface area contributed by atoms with Gasteiger partial charge in [-0.2, -0.15) is 0 Å². The minimum Gasteiger partial charge on any atom is -0.406 e. The summed E-state index contributed by atoms with van der Waals surface area (Å²) >= 11 is 1.60. The van der Waals surface area contributed by atoms with Crippen molar-refractivity contribution in [1.82, 2.24) is 20.5 Å². The van der Waals surface area contributed by atoms with Crippen LogP contribution in [0.2, 0.25) is 0 Å². The Hall–Kier alpha value is -1.47. The van der Waals surface area contributed by atoms with E-state index in [0.29, 0.717) is 11.9 Å². The lowest BCUT2D eigenvalue weighted by Crippen LogP contribution is -2.17. The fourth-order valence-corrected chi connectivity index (χ4v) is 2.13. The maximum Gasteiger partial charge on any atom is 0.315 e. The van der Waals surface area contributed by atoms with Crippen LogP contribution in [0.4, 0.5) is 6.01 Å². The zero-order chi connectivity index (χ0) is 12.8. The number of rotatable bonds is 7. The summed E-state index contributed by atoms with van der Waals surface area (Å²) in [6, 6.07) is 0.543. The molecule has 2 heterocycles. The van der Waals surface area contributed by atoms with Gasteiger partial charge in [0, 0.05) is 18.3 Å². The molecular weight excluding hydrogens is 250 g/mol. The fraction of sp³-hybridized carbons (Fsp3) is 0.545. The molecule has 18 heavy (non-hydrogen) atoms. The summed E-state index contributed by atoms with van der Waals surface area (Å²) in [4.78, 5) is 4.21. The van der Waals surface area contributed by atoms with E-state index in [2.05, 4.69) is 25.8 Å². The summed E-state index contributed by atoms with van der Waals surface area (Å²) in [6.45, 7) is 5.65. The zero-order valence-corrected chi connectivity index (χ0v) is 11.3. The lowest BCUT2D eigenvalue weighted by Gasteiger charge is -2.05. The summed E-state index contributed by atoms with van der Waals surface area (Å²) in [5.41, 5.74) is 2.91. The van der Waals surface area contributed by atoms with Crippen molar-refractivity contribution in [3.63, 3.8) is 0 Å². The van der Waals surface area contributed by atoms with Crippen molar-refractivity contribution < 1.29 is 4.42 Å². The Morgan fingerprint density at radius 1 is 1.44 bits per heavy atom. The molecule has 0 amide bonds. The molecule has 2 aromatic heterocycles. The average molecular weight is 267 g/mol. The molecule has 0 aliphatic heterocycles. The van der Waals surface area contributed by atoms with Gasteiger partial charge in [-0.3, -0.25) is 0 Å². The Labute approximate surface area is 110 Å². The molecule has 0 saturated heterocycles. The number of thiazole rings is 1. The van der Waals surface area contributed by atoms with Gasteiger partial charge in [0.25, 0.3) is 0 Å². The standard InChI is InChI=1S/C11H17N5OS/c1-3-12-8(2)10-15-16-11(17-10)13-5-4-9-6-18-7-14-9/h6-8,12H,3-5H2,1-2H3,(H,13,16). The molecule has 6 nitrogen and oxygen atoms in total. The Morgan fingerprint density at radius 2 is 2.33 bits per heavy atom. The lowest BCUT2D eigenvalue weighted by molar-refractivity contribution is 0.429. The monoisotopic (exact) mass is 267 g/mol. The van der Waals surface area contributed by atoms with Crippen LogP contribution in [-0.4, -0.2) is 28.3 Å². The molecule has 0 fully saturated rings. The summed E-state index contributed by atoms with van der Waals surface area (Å²) in [7, 11) is 0. The topological polar surface area (TPSA) is 75.9 Å². The maximum absolute atomic E-state index is 5.50. The zero-order valence-electron chi connectivity index (χ0n) is 10.5. The van der Waals surface area contributed by atoms with E-state index in [1.165, 1.54) is 0 Å². The minimum absolute atomic E-state index is 0.0802. The average Bonchev–Trinajstić information content (AvgIpc) is 3.00. The van der Waals surface area contributed by atoms with E-state index in [1.54, 1.807) is 11.3 Å². The number of nitrogens with zero attached hydrogens (tertiary/aromatic N) is 3. The second kappa shape index (κ2) is 6.46. The van der Waals surface area contributed by atoms with E-state index in [4.69, 9.17) is 4.42 Å². The quantitative estimate of drug-likeness (QED) is 0.797. The molecule has 0 saturated carbocycles. The van der Waals surface area contributed by atoms with Crippen molar-refractivity contribution in [2.75, 3.05) is 18.4 Å². The van der Waals surface area contributed by atoms with E-state index in [9.17, 15) is 0 Å². The molecule has 0 spiro atoms. The minimum atomic E-state index is 0.0802. The largest absolute Gasteiger partial charge is 0.406 e. The molecule has 2 N–H and O–H groups in total. The van der Waals surface area contributed by atoms with E-state index in [-0.39, 0.29) is 6.04 Å². The second-order valence-electron chi connectivity index (χ2n) is 3.88. The second-order valence-corrected chi connectivity index (χ2v) is 4.60. The van der Waals surface area contributed by atoms with Crippen LogP contribution in [0.1, 0.15) is 31.5 Å². The van der Waals surface area contributed by atoms with Crippen LogP contribution >= 0.6 is 11.3 Å². The molecule has 2 aromatic rings. The third-order valence-corrected chi connectivity index (χ3v) is 3.10. The van der Waals surface area contributed by atoms with Crippen LogP contribution in [0.5, 0.6) is 0 Å². The number of anilines is 1. The van der Waals surface area contributed by atoms with Gasteiger partial charge >= 0.3 is 6.01 Å². The number of nitrogens with one attached hydrogen (secondary N) is 2. The number of aromatic nitrogens is 3. The third-order valence-electron chi connectivity index (χ3n) is 2.46. The normalized spacial score (nSPS) is 12.6. The first-order chi connectivity index (χ1) is 8.79. The third kappa shape index (κ3) is 3.51. The molecular formula is C11H17N5OS. The molecule has 7 heteroatoms. The van der Waals surface area contributed by atoms with Crippen LogP contribution in [0.25, 0.3) is 0 Å². The highest BCUT2D eigenvalue weighted by atomic mass is 32.1. The van der Waals surface area contributed by atoms with E-state index in [1.807, 2.05) is 24.7 Å². The van der Waals surface area contributed by atoms with Gasteiger partial charge in [0.15, 0.2) is 0 Å². The Bertz CT molecular complexity index is 456. The Balaban J connectivity index is 1.79. The van der Waals surface area contributed by atoms with E-state index >= 15 is 0 Å². The van der Waals surface area contributed by atoms with E-state index < -0.39 is 0 Å². The molecule has 0 radical (unpaired) electrons. The van der Waals surface area contributed by atoms with Gasteiger partial charge in [-0.1, -0.05) is 12.0 Å². The highest BCUT2D eigenvalue weighted by molar-refractivity contribution is 7.07. The Kier molecular flexibility index (Phi) is 4.66. The van der Waals surface area contributed by atoms with Gasteiger partial charge < -0.3 is 15.1 Å². The van der Waals surface area contributed by atoms with Crippen molar-refractivity contribution in [2.45, 2.75) is 26.3 Å². The maximum atomic E-state index is 5.50. The SMILES string of the molecule is CCNC(C)c1nnc(NCCc2cscn2)o1. The Morgan fingerprint density at radius 3 is 3.06 bits per heavy atom. The number of hydrogen-bond acceptors (Lipinski definition) is 7. The first kappa shape index (κ1) is 13.0. The molecule has 0 aromatic carbocycles. The lowest BCUT2D eigenvalue weighted by atomic mass is 10.3. The summed E-state index contributed by atoms with van der Waals surface area (Å²) in [5, 5.41) is 16.3. The van der Waals surface area contributed by atoms with Gasteiger partial charge in [-0.15, -0.1) is 16.4 Å².